The Balaban J connectivity index is 1.23. The van der Waals surface area contributed by atoms with Gasteiger partial charge in [-0.1, -0.05) is 6.07 Å². The average Bonchev–Trinajstić information content (AvgIpc) is 3.37. The van der Waals surface area contributed by atoms with Crippen molar-refractivity contribution >= 4 is 38.3 Å². The molecule has 1 fully saturated rings. The van der Waals surface area contributed by atoms with Gasteiger partial charge in [-0.15, -0.1) is 11.3 Å². The van der Waals surface area contributed by atoms with Crippen molar-refractivity contribution in [2.45, 2.75) is 44.9 Å². The molecule has 3 aromatic heterocycles. The Bertz CT molecular complexity index is 1240. The molecular formula is C22H23F3N6S. The largest absolute Gasteiger partial charge is 0.393 e. The fourth-order valence-corrected chi connectivity index (χ4v) is 5.38. The van der Waals surface area contributed by atoms with Gasteiger partial charge in [-0.2, -0.15) is 18.3 Å². The molecule has 1 aliphatic rings. The predicted molar refractivity (Wildman–Crippen MR) is 120 cm³/mol. The highest BCUT2D eigenvalue weighted by molar-refractivity contribution is 7.18. The third kappa shape index (κ3) is 4.42. The number of anilines is 1. The van der Waals surface area contributed by atoms with Crippen LogP contribution >= 0.6 is 11.3 Å². The lowest BCUT2D eigenvalue weighted by atomic mass is 10.0. The van der Waals surface area contributed by atoms with E-state index in [0.29, 0.717) is 16.0 Å². The standard InChI is InChI=1S/C22H23F3N6S/c1-13-14(2-3-19-18(13)10-28-30-19)11-31-6-4-15(5-7-31)29-20-17-8-16(9-22(23,24)25)32-21(17)27-12-26-20/h2-3,8,10,12,15H,4-7,9,11H2,1H3,(H,28,30)(H,26,27,29). The van der Waals surface area contributed by atoms with Crippen LogP contribution in [0.1, 0.15) is 28.8 Å². The van der Waals surface area contributed by atoms with Gasteiger partial charge in [0.2, 0.25) is 0 Å². The maximum absolute atomic E-state index is 12.8. The summed E-state index contributed by atoms with van der Waals surface area (Å²) in [6.45, 7) is 4.91. The van der Waals surface area contributed by atoms with E-state index in [9.17, 15) is 13.2 Å². The molecule has 2 N–H and O–H groups in total. The summed E-state index contributed by atoms with van der Waals surface area (Å²) in [4.78, 5) is 11.8. The lowest BCUT2D eigenvalue weighted by Crippen LogP contribution is -2.38. The van der Waals surface area contributed by atoms with E-state index < -0.39 is 12.6 Å². The molecule has 5 rings (SSSR count). The number of benzene rings is 1. The molecule has 0 saturated carbocycles. The van der Waals surface area contributed by atoms with Gasteiger partial charge in [0.05, 0.1) is 23.5 Å². The number of hydrogen-bond acceptors (Lipinski definition) is 6. The van der Waals surface area contributed by atoms with Gasteiger partial charge in [0, 0.05) is 35.9 Å². The average molecular weight is 461 g/mol. The van der Waals surface area contributed by atoms with Crippen molar-refractivity contribution in [3.8, 4) is 0 Å². The number of alkyl halides is 3. The quantitative estimate of drug-likeness (QED) is 0.436. The van der Waals surface area contributed by atoms with Gasteiger partial charge in [-0.05, 0) is 43.0 Å². The normalized spacial score (nSPS) is 16.2. The minimum absolute atomic E-state index is 0.229. The SMILES string of the molecule is Cc1c(CN2CCC(Nc3ncnc4sc(CC(F)(F)F)cc34)CC2)ccc2[nH]ncc12. The Labute approximate surface area is 186 Å². The number of aryl methyl sites for hydroxylation is 1. The lowest BCUT2D eigenvalue weighted by molar-refractivity contribution is -0.126. The molecule has 0 amide bonds. The number of likely N-dealkylation sites (tertiary alicyclic amines) is 1. The zero-order valence-electron chi connectivity index (χ0n) is 17.5. The Kier molecular flexibility index (Phi) is 5.50. The van der Waals surface area contributed by atoms with E-state index in [-0.39, 0.29) is 10.9 Å². The van der Waals surface area contributed by atoms with E-state index in [0.717, 1.165) is 54.7 Å². The number of piperidine rings is 1. The van der Waals surface area contributed by atoms with Crippen LogP contribution in [0.4, 0.5) is 19.0 Å². The third-order valence-corrected chi connectivity index (χ3v) is 7.13. The summed E-state index contributed by atoms with van der Waals surface area (Å²) in [6.07, 6.45) is 0.0149. The second kappa shape index (κ2) is 8.32. The smallest absolute Gasteiger partial charge is 0.367 e. The van der Waals surface area contributed by atoms with Crippen LogP contribution in [0.3, 0.4) is 0 Å². The number of aromatic nitrogens is 4. The Morgan fingerprint density at radius 3 is 2.78 bits per heavy atom. The fourth-order valence-electron chi connectivity index (χ4n) is 4.35. The monoisotopic (exact) mass is 460 g/mol. The highest BCUT2D eigenvalue weighted by Crippen LogP contribution is 2.33. The molecule has 0 spiro atoms. The van der Waals surface area contributed by atoms with Gasteiger partial charge in [0.1, 0.15) is 17.0 Å². The van der Waals surface area contributed by atoms with E-state index in [1.165, 1.54) is 17.5 Å². The zero-order valence-corrected chi connectivity index (χ0v) is 18.4. The molecule has 0 radical (unpaired) electrons. The Hall–Kier alpha value is -2.72. The number of aromatic amines is 1. The second-order valence-corrected chi connectivity index (χ2v) is 9.44. The molecule has 6 nitrogen and oxygen atoms in total. The summed E-state index contributed by atoms with van der Waals surface area (Å²) in [7, 11) is 0. The van der Waals surface area contributed by atoms with Gasteiger partial charge >= 0.3 is 6.18 Å². The first-order valence-corrected chi connectivity index (χ1v) is 11.4. The number of nitrogens with one attached hydrogen (secondary N) is 2. The molecular weight excluding hydrogens is 437 g/mol. The van der Waals surface area contributed by atoms with Gasteiger partial charge in [-0.25, -0.2) is 9.97 Å². The molecule has 4 heterocycles. The predicted octanol–water partition coefficient (Wildman–Crippen LogP) is 5.06. The van der Waals surface area contributed by atoms with Crippen molar-refractivity contribution in [3.63, 3.8) is 0 Å². The van der Waals surface area contributed by atoms with E-state index >= 15 is 0 Å². The van der Waals surface area contributed by atoms with Crippen LogP contribution < -0.4 is 5.32 Å². The third-order valence-electron chi connectivity index (χ3n) is 6.08. The van der Waals surface area contributed by atoms with E-state index in [2.05, 4.69) is 49.4 Å². The molecule has 0 atom stereocenters. The summed E-state index contributed by atoms with van der Waals surface area (Å²) in [5.41, 5.74) is 3.61. The van der Waals surface area contributed by atoms with Crippen molar-refractivity contribution in [1.29, 1.82) is 0 Å². The minimum Gasteiger partial charge on any atom is -0.367 e. The molecule has 0 bridgehead atoms. The highest BCUT2D eigenvalue weighted by atomic mass is 32.1. The van der Waals surface area contributed by atoms with Crippen molar-refractivity contribution in [1.82, 2.24) is 25.1 Å². The first kappa shape index (κ1) is 21.1. The van der Waals surface area contributed by atoms with Crippen LogP contribution in [-0.2, 0) is 13.0 Å². The summed E-state index contributed by atoms with van der Waals surface area (Å²) in [5, 5.41) is 12.4. The molecule has 0 unspecified atom stereocenters. The number of hydrogen-bond donors (Lipinski definition) is 2. The first-order chi connectivity index (χ1) is 15.4. The molecule has 32 heavy (non-hydrogen) atoms. The van der Waals surface area contributed by atoms with E-state index in [1.54, 1.807) is 6.07 Å². The topological polar surface area (TPSA) is 69.7 Å². The zero-order chi connectivity index (χ0) is 22.3. The molecule has 10 heteroatoms. The van der Waals surface area contributed by atoms with E-state index in [4.69, 9.17) is 0 Å². The molecule has 0 aliphatic carbocycles. The number of H-pyrrole nitrogens is 1. The van der Waals surface area contributed by atoms with Crippen LogP contribution in [-0.4, -0.2) is 50.4 Å². The summed E-state index contributed by atoms with van der Waals surface area (Å²) in [6, 6.07) is 6.03. The van der Waals surface area contributed by atoms with Crippen molar-refractivity contribution < 1.29 is 13.2 Å². The lowest BCUT2D eigenvalue weighted by Gasteiger charge is -2.33. The number of nitrogens with zero attached hydrogens (tertiary/aromatic N) is 4. The van der Waals surface area contributed by atoms with Crippen molar-refractivity contribution in [2.24, 2.45) is 0 Å². The van der Waals surface area contributed by atoms with E-state index in [1.807, 2.05) is 6.20 Å². The molecule has 168 valence electrons. The van der Waals surface area contributed by atoms with Crippen LogP contribution in [0.2, 0.25) is 0 Å². The molecule has 1 saturated heterocycles. The molecule has 1 aromatic carbocycles. The van der Waals surface area contributed by atoms with Gasteiger partial charge in [0.25, 0.3) is 0 Å². The fraction of sp³-hybridized carbons (Fsp3) is 0.409. The number of fused-ring (bicyclic) bond motifs is 2. The first-order valence-electron chi connectivity index (χ1n) is 10.6. The van der Waals surface area contributed by atoms with Gasteiger partial charge in [-0.3, -0.25) is 10.00 Å². The number of halogens is 3. The van der Waals surface area contributed by atoms with Gasteiger partial charge < -0.3 is 5.32 Å². The summed E-state index contributed by atoms with van der Waals surface area (Å²) in [5.74, 6) is 0.624. The second-order valence-electron chi connectivity index (χ2n) is 8.32. The maximum Gasteiger partial charge on any atom is 0.393 e. The summed E-state index contributed by atoms with van der Waals surface area (Å²) < 4.78 is 38.3. The minimum atomic E-state index is -4.23. The Morgan fingerprint density at radius 1 is 1.19 bits per heavy atom. The maximum atomic E-state index is 12.8. The van der Waals surface area contributed by atoms with Crippen molar-refractivity contribution in [2.75, 3.05) is 18.4 Å². The highest BCUT2D eigenvalue weighted by Gasteiger charge is 2.29. The van der Waals surface area contributed by atoms with Crippen molar-refractivity contribution in [3.05, 3.63) is 46.7 Å². The Morgan fingerprint density at radius 2 is 2.00 bits per heavy atom. The van der Waals surface area contributed by atoms with Crippen LogP contribution in [0, 0.1) is 6.92 Å². The molecule has 1 aliphatic heterocycles. The number of thiophene rings is 1. The van der Waals surface area contributed by atoms with Crippen LogP contribution in [0.15, 0.2) is 30.7 Å². The summed E-state index contributed by atoms with van der Waals surface area (Å²) >= 11 is 1.08. The molecule has 4 aromatic rings. The number of rotatable bonds is 5. The van der Waals surface area contributed by atoms with Crippen LogP contribution in [0.5, 0.6) is 0 Å². The van der Waals surface area contributed by atoms with Gasteiger partial charge in [0.15, 0.2) is 0 Å². The van der Waals surface area contributed by atoms with Crippen LogP contribution in [0.25, 0.3) is 21.1 Å².